The summed E-state index contributed by atoms with van der Waals surface area (Å²) in [7, 11) is 0. The first-order valence-electron chi connectivity index (χ1n) is 5.37. The number of carbonyl (C=O) groups is 1. The molecule has 1 aromatic rings. The van der Waals surface area contributed by atoms with E-state index in [-0.39, 0.29) is 6.04 Å². The minimum Gasteiger partial charge on any atom is -0.494 e. The molecular formula is C12H18N2O2. The van der Waals surface area contributed by atoms with Crippen molar-refractivity contribution >= 4 is 11.7 Å². The van der Waals surface area contributed by atoms with Gasteiger partial charge < -0.3 is 10.5 Å². The maximum Gasteiger partial charge on any atom is 0.319 e. The number of nitrogens with zero attached hydrogens (tertiary/aromatic N) is 1. The lowest BCUT2D eigenvalue weighted by atomic mass is 10.2. The zero-order chi connectivity index (χ0) is 12.1. The quantitative estimate of drug-likeness (QED) is 0.850. The third-order valence-electron chi connectivity index (χ3n) is 2.16. The highest BCUT2D eigenvalue weighted by Gasteiger charge is 2.16. The second-order valence-corrected chi connectivity index (χ2v) is 3.73. The Labute approximate surface area is 96.0 Å². The lowest BCUT2D eigenvalue weighted by Crippen LogP contribution is -2.40. The fourth-order valence-corrected chi connectivity index (χ4v) is 1.57. The lowest BCUT2D eigenvalue weighted by Gasteiger charge is -2.25. The van der Waals surface area contributed by atoms with Gasteiger partial charge in [0.15, 0.2) is 0 Å². The van der Waals surface area contributed by atoms with E-state index in [0.29, 0.717) is 6.61 Å². The van der Waals surface area contributed by atoms with Gasteiger partial charge in [-0.2, -0.15) is 0 Å². The van der Waals surface area contributed by atoms with Crippen LogP contribution in [0.3, 0.4) is 0 Å². The number of rotatable bonds is 4. The van der Waals surface area contributed by atoms with E-state index in [1.165, 1.54) is 4.90 Å². The largest absolute Gasteiger partial charge is 0.494 e. The van der Waals surface area contributed by atoms with Crippen LogP contribution in [0.1, 0.15) is 20.8 Å². The molecule has 0 heterocycles. The van der Waals surface area contributed by atoms with E-state index < -0.39 is 6.03 Å². The number of amides is 2. The van der Waals surface area contributed by atoms with Crippen LogP contribution in [0.25, 0.3) is 0 Å². The van der Waals surface area contributed by atoms with Crippen LogP contribution in [-0.4, -0.2) is 18.7 Å². The fourth-order valence-electron chi connectivity index (χ4n) is 1.57. The first-order chi connectivity index (χ1) is 7.56. The normalized spacial score (nSPS) is 10.2. The van der Waals surface area contributed by atoms with E-state index >= 15 is 0 Å². The SMILES string of the molecule is CCOc1cccc(N(C(N)=O)C(C)C)c1. The molecule has 0 aliphatic carbocycles. The summed E-state index contributed by atoms with van der Waals surface area (Å²) in [5.74, 6) is 0.743. The van der Waals surface area contributed by atoms with Gasteiger partial charge >= 0.3 is 6.03 Å². The maximum absolute atomic E-state index is 11.3. The first kappa shape index (κ1) is 12.4. The molecule has 0 radical (unpaired) electrons. The van der Waals surface area contributed by atoms with Crippen molar-refractivity contribution in [3.8, 4) is 5.75 Å². The van der Waals surface area contributed by atoms with E-state index in [0.717, 1.165) is 11.4 Å². The van der Waals surface area contributed by atoms with Gasteiger partial charge in [-0.3, -0.25) is 4.90 Å². The molecule has 0 aliphatic heterocycles. The maximum atomic E-state index is 11.3. The molecule has 0 atom stereocenters. The predicted octanol–water partition coefficient (Wildman–Crippen LogP) is 2.38. The van der Waals surface area contributed by atoms with E-state index in [2.05, 4.69) is 0 Å². The van der Waals surface area contributed by atoms with Crippen molar-refractivity contribution in [1.82, 2.24) is 0 Å². The van der Waals surface area contributed by atoms with Crippen molar-refractivity contribution in [2.24, 2.45) is 5.73 Å². The summed E-state index contributed by atoms with van der Waals surface area (Å²) >= 11 is 0. The molecule has 0 aromatic heterocycles. The fraction of sp³-hybridized carbons (Fsp3) is 0.417. The van der Waals surface area contributed by atoms with Crippen LogP contribution in [0.5, 0.6) is 5.75 Å². The van der Waals surface area contributed by atoms with Crippen molar-refractivity contribution in [3.05, 3.63) is 24.3 Å². The number of ether oxygens (including phenoxy) is 1. The molecule has 2 amide bonds. The molecule has 1 rings (SSSR count). The number of benzene rings is 1. The molecular weight excluding hydrogens is 204 g/mol. The second kappa shape index (κ2) is 5.39. The van der Waals surface area contributed by atoms with Crippen molar-refractivity contribution in [3.63, 3.8) is 0 Å². The molecule has 0 aliphatic rings. The molecule has 2 N–H and O–H groups in total. The average Bonchev–Trinajstić information content (AvgIpc) is 2.17. The smallest absolute Gasteiger partial charge is 0.319 e. The minimum atomic E-state index is -0.455. The highest BCUT2D eigenvalue weighted by molar-refractivity contribution is 5.91. The zero-order valence-corrected chi connectivity index (χ0v) is 9.93. The summed E-state index contributed by atoms with van der Waals surface area (Å²) in [6.07, 6.45) is 0. The van der Waals surface area contributed by atoms with Gasteiger partial charge in [0.1, 0.15) is 5.75 Å². The van der Waals surface area contributed by atoms with Crippen LogP contribution in [0.4, 0.5) is 10.5 Å². The molecule has 0 bridgehead atoms. The highest BCUT2D eigenvalue weighted by atomic mass is 16.5. The number of hydrogen-bond donors (Lipinski definition) is 1. The number of hydrogen-bond acceptors (Lipinski definition) is 2. The van der Waals surface area contributed by atoms with Crippen LogP contribution < -0.4 is 15.4 Å². The average molecular weight is 222 g/mol. The summed E-state index contributed by atoms with van der Waals surface area (Å²) in [6.45, 7) is 6.35. The van der Waals surface area contributed by atoms with E-state index in [9.17, 15) is 4.79 Å². The first-order valence-corrected chi connectivity index (χ1v) is 5.37. The minimum absolute atomic E-state index is 0.0226. The van der Waals surface area contributed by atoms with Crippen LogP contribution in [-0.2, 0) is 0 Å². The molecule has 0 fully saturated rings. The van der Waals surface area contributed by atoms with Crippen LogP contribution in [0, 0.1) is 0 Å². The Balaban J connectivity index is 3.00. The summed E-state index contributed by atoms with van der Waals surface area (Å²) in [5.41, 5.74) is 6.10. The zero-order valence-electron chi connectivity index (χ0n) is 9.93. The van der Waals surface area contributed by atoms with Crippen molar-refractivity contribution in [2.45, 2.75) is 26.8 Å². The Kier molecular flexibility index (Phi) is 4.17. The molecule has 1 aromatic carbocycles. The third-order valence-corrected chi connectivity index (χ3v) is 2.16. The van der Waals surface area contributed by atoms with Gasteiger partial charge in [-0.25, -0.2) is 4.79 Å². The Morgan fingerprint density at radius 3 is 2.69 bits per heavy atom. The Morgan fingerprint density at radius 2 is 2.19 bits per heavy atom. The number of urea groups is 1. The molecule has 4 nitrogen and oxygen atoms in total. The van der Waals surface area contributed by atoms with Gasteiger partial charge in [-0.05, 0) is 32.9 Å². The number of nitrogens with two attached hydrogens (primary N) is 1. The lowest BCUT2D eigenvalue weighted by molar-refractivity contribution is 0.252. The van der Waals surface area contributed by atoms with E-state index in [1.807, 2.05) is 45.0 Å². The van der Waals surface area contributed by atoms with E-state index in [4.69, 9.17) is 10.5 Å². The number of primary amides is 1. The van der Waals surface area contributed by atoms with Gasteiger partial charge in [0.2, 0.25) is 0 Å². The monoisotopic (exact) mass is 222 g/mol. The van der Waals surface area contributed by atoms with E-state index in [1.54, 1.807) is 0 Å². The van der Waals surface area contributed by atoms with Crippen LogP contribution in [0.15, 0.2) is 24.3 Å². The summed E-state index contributed by atoms with van der Waals surface area (Å²) in [5, 5.41) is 0. The third kappa shape index (κ3) is 2.89. The molecule has 0 saturated heterocycles. The summed E-state index contributed by atoms with van der Waals surface area (Å²) in [6, 6.07) is 6.92. The number of anilines is 1. The topological polar surface area (TPSA) is 55.6 Å². The Morgan fingerprint density at radius 1 is 1.50 bits per heavy atom. The van der Waals surface area contributed by atoms with Crippen LogP contribution >= 0.6 is 0 Å². The van der Waals surface area contributed by atoms with Crippen molar-refractivity contribution < 1.29 is 9.53 Å². The molecule has 0 spiro atoms. The summed E-state index contributed by atoms with van der Waals surface area (Å²) < 4.78 is 5.38. The second-order valence-electron chi connectivity index (χ2n) is 3.73. The molecule has 88 valence electrons. The Hall–Kier alpha value is -1.71. The Bertz CT molecular complexity index is 364. The highest BCUT2D eigenvalue weighted by Crippen LogP contribution is 2.22. The van der Waals surface area contributed by atoms with Gasteiger partial charge in [0, 0.05) is 17.8 Å². The molecule has 0 unspecified atom stereocenters. The van der Waals surface area contributed by atoms with Gasteiger partial charge in [0.05, 0.1) is 6.61 Å². The number of carbonyl (C=O) groups excluding carboxylic acids is 1. The molecule has 16 heavy (non-hydrogen) atoms. The van der Waals surface area contributed by atoms with Gasteiger partial charge in [-0.1, -0.05) is 6.07 Å². The molecule has 4 heteroatoms. The van der Waals surface area contributed by atoms with Crippen LogP contribution in [0.2, 0.25) is 0 Å². The van der Waals surface area contributed by atoms with Crippen molar-refractivity contribution in [1.29, 1.82) is 0 Å². The standard InChI is InChI=1S/C12H18N2O2/c1-4-16-11-7-5-6-10(8-11)14(9(2)3)12(13)15/h5-9H,4H2,1-3H3,(H2,13,15). The molecule has 0 saturated carbocycles. The van der Waals surface area contributed by atoms with Gasteiger partial charge in [-0.15, -0.1) is 0 Å². The van der Waals surface area contributed by atoms with Gasteiger partial charge in [0.25, 0.3) is 0 Å². The predicted molar refractivity (Wildman–Crippen MR) is 64.8 cm³/mol. The summed E-state index contributed by atoms with van der Waals surface area (Å²) in [4.78, 5) is 12.8. The van der Waals surface area contributed by atoms with Crippen molar-refractivity contribution in [2.75, 3.05) is 11.5 Å².